The Morgan fingerprint density at radius 1 is 1.00 bits per heavy atom. The molecule has 2 aromatic heterocycles. The fourth-order valence-electron chi connectivity index (χ4n) is 1.08. The van der Waals surface area contributed by atoms with Crippen LogP contribution in [0.5, 0.6) is 0 Å². The van der Waals surface area contributed by atoms with Gasteiger partial charge in [0.25, 0.3) is 0 Å². The van der Waals surface area contributed by atoms with Crippen molar-refractivity contribution in [2.24, 2.45) is 0 Å². The summed E-state index contributed by atoms with van der Waals surface area (Å²) in [5.41, 5.74) is 2.35. The molecule has 2 heterocycles. The van der Waals surface area contributed by atoms with E-state index in [9.17, 15) is 0 Å². The van der Waals surface area contributed by atoms with Crippen molar-refractivity contribution in [3.05, 3.63) is 42.2 Å². The zero-order valence-corrected chi connectivity index (χ0v) is 8.15. The summed E-state index contributed by atoms with van der Waals surface area (Å²) in [6.45, 7) is 0. The van der Waals surface area contributed by atoms with Gasteiger partial charge in [-0.2, -0.15) is 5.10 Å². The number of nitrogens with zero attached hydrogens (tertiary/aromatic N) is 3. The van der Waals surface area contributed by atoms with Gasteiger partial charge in [0.05, 0.1) is 17.3 Å². The number of aromatic nitrogens is 3. The molecule has 0 aliphatic heterocycles. The fraction of sp³-hybridized carbons (Fsp3) is 0.100. The number of halogens is 1. The van der Waals surface area contributed by atoms with Crippen molar-refractivity contribution >= 4 is 11.6 Å². The van der Waals surface area contributed by atoms with Crippen LogP contribution in [0.2, 0.25) is 0 Å². The van der Waals surface area contributed by atoms with Crippen molar-refractivity contribution in [3.63, 3.8) is 0 Å². The van der Waals surface area contributed by atoms with Crippen LogP contribution in [-0.2, 0) is 5.88 Å². The second-order valence-electron chi connectivity index (χ2n) is 2.76. The lowest BCUT2D eigenvalue weighted by Crippen LogP contribution is -1.92. The number of hydrogen-bond acceptors (Lipinski definition) is 3. The second kappa shape index (κ2) is 4.15. The highest BCUT2D eigenvalue weighted by atomic mass is 35.5. The molecule has 0 atom stereocenters. The molecule has 0 N–H and O–H groups in total. The molecule has 0 spiro atoms. The first kappa shape index (κ1) is 9.09. The van der Waals surface area contributed by atoms with Gasteiger partial charge in [-0.25, -0.2) is 0 Å². The number of rotatable bonds is 2. The zero-order valence-electron chi connectivity index (χ0n) is 7.39. The van der Waals surface area contributed by atoms with Gasteiger partial charge in [-0.15, -0.1) is 16.7 Å². The topological polar surface area (TPSA) is 38.7 Å². The molecule has 4 heteroatoms. The number of hydrogen-bond donors (Lipinski definition) is 0. The average molecular weight is 206 g/mol. The SMILES string of the molecule is ClCc1ccc(-c2ccccn2)nn1. The minimum atomic E-state index is 0.384. The van der Waals surface area contributed by atoms with Crippen LogP contribution in [0, 0.1) is 0 Å². The van der Waals surface area contributed by atoms with Gasteiger partial charge in [0.2, 0.25) is 0 Å². The van der Waals surface area contributed by atoms with Gasteiger partial charge in [0, 0.05) is 6.20 Å². The Balaban J connectivity index is 2.34. The first-order valence-electron chi connectivity index (χ1n) is 4.20. The van der Waals surface area contributed by atoms with E-state index < -0.39 is 0 Å². The van der Waals surface area contributed by atoms with E-state index in [-0.39, 0.29) is 0 Å². The average Bonchev–Trinajstić information content (AvgIpc) is 2.30. The van der Waals surface area contributed by atoms with E-state index in [4.69, 9.17) is 11.6 Å². The predicted molar refractivity (Wildman–Crippen MR) is 54.8 cm³/mol. The molecule has 0 saturated heterocycles. The first-order chi connectivity index (χ1) is 6.90. The van der Waals surface area contributed by atoms with Gasteiger partial charge in [0.15, 0.2) is 0 Å². The van der Waals surface area contributed by atoms with Crippen LogP contribution >= 0.6 is 11.6 Å². The van der Waals surface area contributed by atoms with Crippen LogP contribution in [0.1, 0.15) is 5.69 Å². The molecule has 70 valence electrons. The third-order valence-electron chi connectivity index (χ3n) is 1.78. The molecule has 0 unspecified atom stereocenters. The van der Waals surface area contributed by atoms with Crippen molar-refractivity contribution < 1.29 is 0 Å². The summed E-state index contributed by atoms with van der Waals surface area (Å²) in [6, 6.07) is 9.39. The highest BCUT2D eigenvalue weighted by Gasteiger charge is 2.00. The van der Waals surface area contributed by atoms with Crippen LogP contribution in [0.15, 0.2) is 36.5 Å². The molecule has 0 bridgehead atoms. The molecule has 0 aliphatic rings. The summed E-state index contributed by atoms with van der Waals surface area (Å²) >= 11 is 5.61. The van der Waals surface area contributed by atoms with E-state index in [1.165, 1.54) is 0 Å². The third kappa shape index (κ3) is 1.88. The summed E-state index contributed by atoms with van der Waals surface area (Å²) in [6.07, 6.45) is 1.73. The Bertz CT molecular complexity index is 399. The van der Waals surface area contributed by atoms with Crippen molar-refractivity contribution in [1.82, 2.24) is 15.2 Å². The van der Waals surface area contributed by atoms with E-state index in [0.717, 1.165) is 17.1 Å². The number of alkyl halides is 1. The predicted octanol–water partition coefficient (Wildman–Crippen LogP) is 2.28. The molecule has 14 heavy (non-hydrogen) atoms. The molecule has 3 nitrogen and oxygen atoms in total. The van der Waals surface area contributed by atoms with Crippen molar-refractivity contribution in [2.75, 3.05) is 0 Å². The summed E-state index contributed by atoms with van der Waals surface area (Å²) in [5.74, 6) is 0.384. The summed E-state index contributed by atoms with van der Waals surface area (Å²) in [5, 5.41) is 7.97. The van der Waals surface area contributed by atoms with Crippen LogP contribution in [0.4, 0.5) is 0 Å². The molecular weight excluding hydrogens is 198 g/mol. The van der Waals surface area contributed by atoms with E-state index in [2.05, 4.69) is 15.2 Å². The van der Waals surface area contributed by atoms with E-state index in [0.29, 0.717) is 5.88 Å². The molecular formula is C10H8ClN3. The Morgan fingerprint density at radius 2 is 1.93 bits per heavy atom. The first-order valence-corrected chi connectivity index (χ1v) is 4.73. The lowest BCUT2D eigenvalue weighted by atomic mass is 10.2. The maximum Gasteiger partial charge on any atom is 0.111 e. The molecule has 0 aromatic carbocycles. The third-order valence-corrected chi connectivity index (χ3v) is 2.06. The van der Waals surface area contributed by atoms with E-state index in [1.807, 2.05) is 30.3 Å². The summed E-state index contributed by atoms with van der Waals surface area (Å²) in [4.78, 5) is 4.17. The Kier molecular flexibility index (Phi) is 2.70. The van der Waals surface area contributed by atoms with Crippen molar-refractivity contribution in [2.45, 2.75) is 5.88 Å². The van der Waals surface area contributed by atoms with E-state index in [1.54, 1.807) is 6.20 Å². The molecule has 2 rings (SSSR count). The quantitative estimate of drug-likeness (QED) is 0.706. The second-order valence-corrected chi connectivity index (χ2v) is 3.03. The largest absolute Gasteiger partial charge is 0.255 e. The maximum atomic E-state index is 5.61. The lowest BCUT2D eigenvalue weighted by molar-refractivity contribution is 0.970. The van der Waals surface area contributed by atoms with Gasteiger partial charge in [-0.05, 0) is 24.3 Å². The molecule has 2 aromatic rings. The van der Waals surface area contributed by atoms with Crippen LogP contribution in [0.25, 0.3) is 11.4 Å². The summed E-state index contributed by atoms with van der Waals surface area (Å²) in [7, 11) is 0. The maximum absolute atomic E-state index is 5.61. The molecule has 0 aliphatic carbocycles. The summed E-state index contributed by atoms with van der Waals surface area (Å²) < 4.78 is 0. The van der Waals surface area contributed by atoms with Gasteiger partial charge in [-0.3, -0.25) is 4.98 Å². The molecule has 0 saturated carbocycles. The Hall–Kier alpha value is -1.48. The smallest absolute Gasteiger partial charge is 0.111 e. The lowest BCUT2D eigenvalue weighted by Gasteiger charge is -1.98. The van der Waals surface area contributed by atoms with Crippen LogP contribution in [0.3, 0.4) is 0 Å². The zero-order chi connectivity index (χ0) is 9.80. The van der Waals surface area contributed by atoms with Gasteiger partial charge in [0.1, 0.15) is 5.69 Å². The normalized spacial score (nSPS) is 10.1. The molecule has 0 amide bonds. The highest BCUT2D eigenvalue weighted by molar-refractivity contribution is 6.16. The van der Waals surface area contributed by atoms with Crippen molar-refractivity contribution in [3.8, 4) is 11.4 Å². The van der Waals surface area contributed by atoms with Crippen LogP contribution in [-0.4, -0.2) is 15.2 Å². The highest BCUT2D eigenvalue weighted by Crippen LogP contribution is 2.12. The molecule has 0 fully saturated rings. The number of pyridine rings is 1. The van der Waals surface area contributed by atoms with E-state index >= 15 is 0 Å². The monoisotopic (exact) mass is 205 g/mol. The minimum absolute atomic E-state index is 0.384. The van der Waals surface area contributed by atoms with Crippen LogP contribution < -0.4 is 0 Å². The van der Waals surface area contributed by atoms with Gasteiger partial charge < -0.3 is 0 Å². The standard InChI is InChI=1S/C10H8ClN3/c11-7-8-4-5-10(14-13-8)9-3-1-2-6-12-9/h1-6H,7H2. The minimum Gasteiger partial charge on any atom is -0.255 e. The fourth-order valence-corrected chi connectivity index (χ4v) is 1.22. The molecule has 0 radical (unpaired) electrons. The Morgan fingerprint density at radius 3 is 2.50 bits per heavy atom. The van der Waals surface area contributed by atoms with Gasteiger partial charge >= 0.3 is 0 Å². The van der Waals surface area contributed by atoms with Gasteiger partial charge in [-0.1, -0.05) is 6.07 Å². The Labute approximate surface area is 86.8 Å². The van der Waals surface area contributed by atoms with Crippen molar-refractivity contribution in [1.29, 1.82) is 0 Å².